The normalized spacial score (nSPS) is 13.7. The summed E-state index contributed by atoms with van der Waals surface area (Å²) >= 11 is 0. The van der Waals surface area contributed by atoms with E-state index >= 15 is 0 Å². The highest BCUT2D eigenvalue weighted by atomic mass is 16.7. The molecule has 0 aromatic heterocycles. The third-order valence-corrected chi connectivity index (χ3v) is 3.08. The first-order valence-corrected chi connectivity index (χ1v) is 6.19. The van der Waals surface area contributed by atoms with E-state index in [9.17, 15) is 9.59 Å². The van der Waals surface area contributed by atoms with Crippen molar-refractivity contribution in [2.24, 2.45) is 0 Å². The number of carbonyl (C=O) groups is 2. The van der Waals surface area contributed by atoms with Gasteiger partial charge >= 0.3 is 12.0 Å². The third-order valence-electron chi connectivity index (χ3n) is 3.08. The molecule has 20 heavy (non-hydrogen) atoms. The smallest absolute Gasteiger partial charge is 0.326 e. The molecule has 1 unspecified atom stereocenters. The number of carbonyl (C=O) groups excluding carboxylic acids is 1. The molecule has 0 spiro atoms. The molecule has 1 aromatic carbocycles. The van der Waals surface area contributed by atoms with Crippen molar-refractivity contribution in [2.75, 3.05) is 19.2 Å². The average molecular weight is 280 g/mol. The van der Waals surface area contributed by atoms with E-state index in [1.54, 1.807) is 25.1 Å². The highest BCUT2D eigenvalue weighted by Gasteiger charge is 2.25. The zero-order chi connectivity index (χ0) is 14.7. The number of amides is 2. The third kappa shape index (κ3) is 2.76. The van der Waals surface area contributed by atoms with Crippen molar-refractivity contribution in [3.63, 3.8) is 0 Å². The maximum Gasteiger partial charge on any atom is 0.326 e. The van der Waals surface area contributed by atoms with Crippen LogP contribution in [0.4, 0.5) is 10.5 Å². The molecule has 1 atom stereocenters. The molecule has 2 N–H and O–H groups in total. The zero-order valence-electron chi connectivity index (χ0n) is 11.3. The lowest BCUT2D eigenvalue weighted by molar-refractivity contribution is -0.141. The summed E-state index contributed by atoms with van der Waals surface area (Å²) in [6, 6.07) is 3.64. The monoisotopic (exact) mass is 280 g/mol. The molecule has 0 radical (unpaired) electrons. The van der Waals surface area contributed by atoms with Gasteiger partial charge in [-0.3, -0.25) is 0 Å². The topological polar surface area (TPSA) is 88.1 Å². The average Bonchev–Trinajstić information content (AvgIpc) is 2.86. The van der Waals surface area contributed by atoms with Gasteiger partial charge in [0.05, 0.1) is 0 Å². The molecule has 108 valence electrons. The van der Waals surface area contributed by atoms with Crippen LogP contribution in [0, 0.1) is 0 Å². The van der Waals surface area contributed by atoms with Gasteiger partial charge in [0.1, 0.15) is 6.04 Å². The van der Waals surface area contributed by atoms with Crippen LogP contribution in [-0.2, 0) is 4.79 Å². The largest absolute Gasteiger partial charge is 0.480 e. The van der Waals surface area contributed by atoms with Crippen molar-refractivity contribution in [3.8, 4) is 11.5 Å². The van der Waals surface area contributed by atoms with Gasteiger partial charge in [-0.2, -0.15) is 0 Å². The van der Waals surface area contributed by atoms with E-state index in [0.717, 1.165) is 4.90 Å². The second-order valence-corrected chi connectivity index (χ2v) is 4.37. The Morgan fingerprint density at radius 3 is 2.75 bits per heavy atom. The highest BCUT2D eigenvalue weighted by Crippen LogP contribution is 2.34. The van der Waals surface area contributed by atoms with Gasteiger partial charge in [-0.25, -0.2) is 9.59 Å². The summed E-state index contributed by atoms with van der Waals surface area (Å²) in [5, 5.41) is 11.7. The number of ether oxygens (including phenoxy) is 2. The number of carboxylic acids is 1. The SMILES string of the molecule is CCC(C(=O)O)N(C)C(=O)Nc1ccc2c(c1)OCO2. The predicted molar refractivity (Wildman–Crippen MR) is 71.1 cm³/mol. The van der Waals surface area contributed by atoms with Crippen LogP contribution in [0.3, 0.4) is 0 Å². The molecular weight excluding hydrogens is 264 g/mol. The van der Waals surface area contributed by atoms with Crippen LogP contribution < -0.4 is 14.8 Å². The molecule has 0 aliphatic carbocycles. The number of anilines is 1. The number of likely N-dealkylation sites (N-methyl/N-ethyl adjacent to an activating group) is 1. The number of benzene rings is 1. The van der Waals surface area contributed by atoms with Crippen LogP contribution in [0.15, 0.2) is 18.2 Å². The Hall–Kier alpha value is -2.44. The van der Waals surface area contributed by atoms with Gasteiger partial charge in [0, 0.05) is 18.8 Å². The maximum absolute atomic E-state index is 12.0. The number of carboxylic acid groups (broad SMARTS) is 1. The number of fused-ring (bicyclic) bond motifs is 1. The molecule has 2 rings (SSSR count). The van der Waals surface area contributed by atoms with Crippen LogP contribution in [-0.4, -0.2) is 41.9 Å². The number of nitrogens with one attached hydrogen (secondary N) is 1. The number of hydrogen-bond donors (Lipinski definition) is 2. The Bertz CT molecular complexity index is 531. The second-order valence-electron chi connectivity index (χ2n) is 4.37. The van der Waals surface area contributed by atoms with Crippen LogP contribution in [0.2, 0.25) is 0 Å². The van der Waals surface area contributed by atoms with Gasteiger partial charge in [0.25, 0.3) is 0 Å². The van der Waals surface area contributed by atoms with Gasteiger partial charge in [0.15, 0.2) is 11.5 Å². The van der Waals surface area contributed by atoms with E-state index in [-0.39, 0.29) is 6.79 Å². The highest BCUT2D eigenvalue weighted by molar-refractivity contribution is 5.92. The molecule has 0 saturated carbocycles. The van der Waals surface area contributed by atoms with Crippen molar-refractivity contribution in [2.45, 2.75) is 19.4 Å². The van der Waals surface area contributed by atoms with Crippen molar-refractivity contribution in [1.29, 1.82) is 0 Å². The van der Waals surface area contributed by atoms with E-state index < -0.39 is 18.0 Å². The molecule has 0 bridgehead atoms. The van der Waals surface area contributed by atoms with Crippen LogP contribution in [0.5, 0.6) is 11.5 Å². The Kier molecular flexibility index (Phi) is 3.97. The number of nitrogens with zero attached hydrogens (tertiary/aromatic N) is 1. The lowest BCUT2D eigenvalue weighted by Gasteiger charge is -2.24. The summed E-state index contributed by atoms with van der Waals surface area (Å²) in [5.41, 5.74) is 0.520. The molecular formula is C13H16N2O5. The molecule has 0 saturated heterocycles. The lowest BCUT2D eigenvalue weighted by Crippen LogP contribution is -2.44. The van der Waals surface area contributed by atoms with E-state index in [1.165, 1.54) is 7.05 Å². The fraction of sp³-hybridized carbons (Fsp3) is 0.385. The minimum atomic E-state index is -1.03. The molecule has 7 nitrogen and oxygen atoms in total. The summed E-state index contributed by atoms with van der Waals surface area (Å²) in [6.45, 7) is 1.87. The minimum Gasteiger partial charge on any atom is -0.480 e. The summed E-state index contributed by atoms with van der Waals surface area (Å²) < 4.78 is 10.4. The molecule has 1 aliphatic heterocycles. The van der Waals surface area contributed by atoms with Gasteiger partial charge in [-0.05, 0) is 18.6 Å². The fourth-order valence-corrected chi connectivity index (χ4v) is 1.94. The van der Waals surface area contributed by atoms with Gasteiger partial charge in [-0.1, -0.05) is 6.92 Å². The Labute approximate surface area is 116 Å². The lowest BCUT2D eigenvalue weighted by atomic mass is 10.2. The molecule has 1 aliphatic rings. The van der Waals surface area contributed by atoms with Gasteiger partial charge < -0.3 is 24.8 Å². The van der Waals surface area contributed by atoms with Crippen LogP contribution in [0.25, 0.3) is 0 Å². The number of aliphatic carboxylic acids is 1. The first kappa shape index (κ1) is 14.0. The standard InChI is InChI=1S/C13H16N2O5/c1-3-9(12(16)17)15(2)13(18)14-8-4-5-10-11(6-8)20-7-19-10/h4-6,9H,3,7H2,1-2H3,(H,14,18)(H,16,17). The second kappa shape index (κ2) is 5.68. The summed E-state index contributed by atoms with van der Waals surface area (Å²) in [4.78, 5) is 24.2. The van der Waals surface area contributed by atoms with Gasteiger partial charge in [-0.15, -0.1) is 0 Å². The van der Waals surface area contributed by atoms with Crippen molar-refractivity contribution < 1.29 is 24.2 Å². The van der Waals surface area contributed by atoms with Crippen LogP contribution in [0.1, 0.15) is 13.3 Å². The first-order chi connectivity index (χ1) is 9.52. The number of urea groups is 1. The molecule has 1 heterocycles. The number of hydrogen-bond acceptors (Lipinski definition) is 4. The molecule has 0 fully saturated rings. The predicted octanol–water partition coefficient (Wildman–Crippen LogP) is 1.74. The zero-order valence-corrected chi connectivity index (χ0v) is 11.3. The fourth-order valence-electron chi connectivity index (χ4n) is 1.94. The summed E-state index contributed by atoms with van der Waals surface area (Å²) in [6.07, 6.45) is 0.334. The van der Waals surface area contributed by atoms with Gasteiger partial charge in [0.2, 0.25) is 6.79 Å². The molecule has 1 aromatic rings. The van der Waals surface area contributed by atoms with Crippen LogP contribution >= 0.6 is 0 Å². The summed E-state index contributed by atoms with van der Waals surface area (Å²) in [5.74, 6) is 0.139. The summed E-state index contributed by atoms with van der Waals surface area (Å²) in [7, 11) is 1.45. The maximum atomic E-state index is 12.0. The minimum absolute atomic E-state index is 0.156. The first-order valence-electron chi connectivity index (χ1n) is 6.19. The van der Waals surface area contributed by atoms with E-state index in [4.69, 9.17) is 14.6 Å². The Morgan fingerprint density at radius 2 is 2.10 bits per heavy atom. The Balaban J connectivity index is 2.06. The van der Waals surface area contributed by atoms with Crippen molar-refractivity contribution in [3.05, 3.63) is 18.2 Å². The molecule has 2 amide bonds. The van der Waals surface area contributed by atoms with E-state index in [0.29, 0.717) is 23.6 Å². The Morgan fingerprint density at radius 1 is 1.40 bits per heavy atom. The number of rotatable bonds is 4. The van der Waals surface area contributed by atoms with E-state index in [2.05, 4.69) is 5.32 Å². The van der Waals surface area contributed by atoms with Crippen molar-refractivity contribution >= 4 is 17.7 Å². The molecule has 7 heteroatoms. The quantitative estimate of drug-likeness (QED) is 0.877. The van der Waals surface area contributed by atoms with Crippen molar-refractivity contribution in [1.82, 2.24) is 4.90 Å². The van der Waals surface area contributed by atoms with E-state index in [1.807, 2.05) is 0 Å².